The standard InChI is InChI=1S/C15H20ClN3O/c1-10(2)15(20)18-6-5-17-8-11-9-19-14-7-12(16)3-4-13(11)14/h3-4,7,9-10,17,19H,5-6,8H2,1-2H3,(H,18,20). The van der Waals surface area contributed by atoms with Crippen LogP contribution in [0.4, 0.5) is 0 Å². The maximum atomic E-state index is 11.4. The molecule has 0 spiro atoms. The van der Waals surface area contributed by atoms with Crippen molar-refractivity contribution in [1.29, 1.82) is 0 Å². The van der Waals surface area contributed by atoms with E-state index >= 15 is 0 Å². The van der Waals surface area contributed by atoms with Crippen LogP contribution in [0, 0.1) is 5.92 Å². The maximum absolute atomic E-state index is 11.4. The van der Waals surface area contributed by atoms with Gasteiger partial charge in [0.05, 0.1) is 0 Å². The average Bonchev–Trinajstić information content (AvgIpc) is 2.80. The summed E-state index contributed by atoms with van der Waals surface area (Å²) in [5.41, 5.74) is 2.24. The Hall–Kier alpha value is -1.52. The maximum Gasteiger partial charge on any atom is 0.222 e. The third kappa shape index (κ3) is 3.74. The van der Waals surface area contributed by atoms with Crippen LogP contribution in [0.3, 0.4) is 0 Å². The monoisotopic (exact) mass is 293 g/mol. The van der Waals surface area contributed by atoms with Crippen LogP contribution in [0.15, 0.2) is 24.4 Å². The Morgan fingerprint density at radius 1 is 1.35 bits per heavy atom. The molecule has 3 N–H and O–H groups in total. The Labute approximate surface area is 123 Å². The molecule has 0 aliphatic heterocycles. The molecule has 1 aromatic carbocycles. The molecule has 5 heteroatoms. The van der Waals surface area contributed by atoms with Crippen LogP contribution in [0.2, 0.25) is 5.02 Å². The summed E-state index contributed by atoms with van der Waals surface area (Å²) in [6.07, 6.45) is 1.99. The molecule has 4 nitrogen and oxygen atoms in total. The predicted octanol–water partition coefficient (Wildman–Crippen LogP) is 2.68. The lowest BCUT2D eigenvalue weighted by molar-refractivity contribution is -0.123. The molecule has 0 atom stereocenters. The van der Waals surface area contributed by atoms with Gasteiger partial charge in [-0.1, -0.05) is 31.5 Å². The van der Waals surface area contributed by atoms with Gasteiger partial charge >= 0.3 is 0 Å². The van der Waals surface area contributed by atoms with Crippen LogP contribution < -0.4 is 10.6 Å². The molecule has 2 aromatic rings. The number of amides is 1. The molecule has 0 aliphatic carbocycles. The molecule has 0 unspecified atom stereocenters. The summed E-state index contributed by atoms with van der Waals surface area (Å²) < 4.78 is 0. The van der Waals surface area contributed by atoms with E-state index in [2.05, 4.69) is 15.6 Å². The minimum Gasteiger partial charge on any atom is -0.361 e. The van der Waals surface area contributed by atoms with Crippen LogP contribution in [0.5, 0.6) is 0 Å². The number of rotatable bonds is 6. The van der Waals surface area contributed by atoms with E-state index in [0.717, 1.165) is 23.6 Å². The summed E-state index contributed by atoms with van der Waals surface area (Å²) in [7, 11) is 0. The normalized spacial score (nSPS) is 11.2. The van der Waals surface area contributed by atoms with Crippen molar-refractivity contribution < 1.29 is 4.79 Å². The lowest BCUT2D eigenvalue weighted by Gasteiger charge is -2.08. The summed E-state index contributed by atoms with van der Waals surface area (Å²) in [6, 6.07) is 5.83. The van der Waals surface area contributed by atoms with Gasteiger partial charge in [-0.05, 0) is 17.7 Å². The summed E-state index contributed by atoms with van der Waals surface area (Å²) in [4.78, 5) is 14.6. The van der Waals surface area contributed by atoms with Crippen LogP contribution in [0.25, 0.3) is 10.9 Å². The zero-order chi connectivity index (χ0) is 14.5. The van der Waals surface area contributed by atoms with E-state index in [4.69, 9.17) is 11.6 Å². The summed E-state index contributed by atoms with van der Waals surface area (Å²) in [6.45, 7) is 5.93. The van der Waals surface area contributed by atoms with Gasteiger partial charge in [0.25, 0.3) is 0 Å². The van der Waals surface area contributed by atoms with Crippen LogP contribution >= 0.6 is 11.6 Å². The minimum atomic E-state index is 0.0355. The van der Waals surface area contributed by atoms with Gasteiger partial charge in [-0.25, -0.2) is 0 Å². The second-order valence-electron chi connectivity index (χ2n) is 5.13. The van der Waals surface area contributed by atoms with Crippen LogP contribution in [-0.2, 0) is 11.3 Å². The number of H-pyrrole nitrogens is 1. The molecule has 0 radical (unpaired) electrons. The fourth-order valence-electron chi connectivity index (χ4n) is 2.01. The summed E-state index contributed by atoms with van der Waals surface area (Å²) in [5.74, 6) is 0.127. The van der Waals surface area contributed by atoms with Gasteiger partial charge in [0.1, 0.15) is 0 Å². The average molecular weight is 294 g/mol. The predicted molar refractivity (Wildman–Crippen MR) is 82.9 cm³/mol. The lowest BCUT2D eigenvalue weighted by atomic mass is 10.2. The van der Waals surface area contributed by atoms with Gasteiger partial charge in [-0.2, -0.15) is 0 Å². The first-order chi connectivity index (χ1) is 9.58. The van der Waals surface area contributed by atoms with Crippen molar-refractivity contribution in [1.82, 2.24) is 15.6 Å². The van der Waals surface area contributed by atoms with Crippen molar-refractivity contribution in [3.05, 3.63) is 35.0 Å². The summed E-state index contributed by atoms with van der Waals surface area (Å²) >= 11 is 5.95. The van der Waals surface area contributed by atoms with Crippen LogP contribution in [0.1, 0.15) is 19.4 Å². The van der Waals surface area contributed by atoms with Crippen molar-refractivity contribution in [2.45, 2.75) is 20.4 Å². The van der Waals surface area contributed by atoms with E-state index in [1.807, 2.05) is 38.2 Å². The number of hydrogen-bond donors (Lipinski definition) is 3. The smallest absolute Gasteiger partial charge is 0.222 e. The highest BCUT2D eigenvalue weighted by Gasteiger charge is 2.06. The Bertz CT molecular complexity index is 592. The Morgan fingerprint density at radius 2 is 2.15 bits per heavy atom. The zero-order valence-corrected chi connectivity index (χ0v) is 12.6. The van der Waals surface area contributed by atoms with Crippen molar-refractivity contribution in [2.75, 3.05) is 13.1 Å². The van der Waals surface area contributed by atoms with E-state index in [9.17, 15) is 4.79 Å². The molecule has 0 bridgehead atoms. The molecular formula is C15H20ClN3O. The fraction of sp³-hybridized carbons (Fsp3) is 0.400. The largest absolute Gasteiger partial charge is 0.361 e. The lowest BCUT2D eigenvalue weighted by Crippen LogP contribution is -2.34. The number of aromatic amines is 1. The number of aromatic nitrogens is 1. The molecule has 0 aliphatic rings. The molecule has 1 heterocycles. The number of hydrogen-bond acceptors (Lipinski definition) is 2. The highest BCUT2D eigenvalue weighted by molar-refractivity contribution is 6.31. The van der Waals surface area contributed by atoms with Gasteiger partial charge in [0.2, 0.25) is 5.91 Å². The van der Waals surface area contributed by atoms with E-state index < -0.39 is 0 Å². The first kappa shape index (κ1) is 14.9. The molecule has 1 amide bonds. The second-order valence-corrected chi connectivity index (χ2v) is 5.56. The SMILES string of the molecule is CC(C)C(=O)NCCNCc1c[nH]c2cc(Cl)ccc12. The molecule has 0 fully saturated rings. The molecule has 20 heavy (non-hydrogen) atoms. The third-order valence-electron chi connectivity index (χ3n) is 3.17. The Kier molecular flexibility index (Phi) is 5.04. The molecular weight excluding hydrogens is 274 g/mol. The van der Waals surface area contributed by atoms with Gasteiger partial charge in [0.15, 0.2) is 0 Å². The number of nitrogens with one attached hydrogen (secondary N) is 3. The Balaban J connectivity index is 1.80. The van der Waals surface area contributed by atoms with Crippen molar-refractivity contribution in [2.24, 2.45) is 5.92 Å². The highest BCUT2D eigenvalue weighted by Crippen LogP contribution is 2.21. The molecule has 2 rings (SSSR count). The quantitative estimate of drug-likeness (QED) is 0.717. The minimum absolute atomic E-state index is 0.0355. The van der Waals surface area contributed by atoms with E-state index in [-0.39, 0.29) is 11.8 Å². The van der Waals surface area contributed by atoms with Gasteiger partial charge in [-0.3, -0.25) is 4.79 Å². The van der Waals surface area contributed by atoms with Gasteiger partial charge in [-0.15, -0.1) is 0 Å². The van der Waals surface area contributed by atoms with E-state index in [0.29, 0.717) is 6.54 Å². The van der Waals surface area contributed by atoms with E-state index in [1.165, 1.54) is 10.9 Å². The first-order valence-corrected chi connectivity index (χ1v) is 7.19. The number of halogens is 1. The number of fused-ring (bicyclic) bond motifs is 1. The van der Waals surface area contributed by atoms with Crippen LogP contribution in [-0.4, -0.2) is 24.0 Å². The molecule has 108 valence electrons. The highest BCUT2D eigenvalue weighted by atomic mass is 35.5. The number of carbonyl (C=O) groups excluding carboxylic acids is 1. The second kappa shape index (κ2) is 6.77. The van der Waals surface area contributed by atoms with Crippen molar-refractivity contribution in [3.8, 4) is 0 Å². The molecule has 0 saturated heterocycles. The zero-order valence-electron chi connectivity index (χ0n) is 11.8. The third-order valence-corrected chi connectivity index (χ3v) is 3.41. The van der Waals surface area contributed by atoms with Gasteiger partial charge in [0, 0.05) is 47.7 Å². The fourth-order valence-corrected chi connectivity index (χ4v) is 2.18. The topological polar surface area (TPSA) is 56.9 Å². The molecule has 0 saturated carbocycles. The Morgan fingerprint density at radius 3 is 2.90 bits per heavy atom. The number of benzene rings is 1. The first-order valence-electron chi connectivity index (χ1n) is 6.82. The van der Waals surface area contributed by atoms with Gasteiger partial charge < -0.3 is 15.6 Å². The molecule has 1 aromatic heterocycles. The number of carbonyl (C=O) groups is 1. The van der Waals surface area contributed by atoms with Crippen molar-refractivity contribution in [3.63, 3.8) is 0 Å². The van der Waals surface area contributed by atoms with E-state index in [1.54, 1.807) is 0 Å². The summed E-state index contributed by atoms with van der Waals surface area (Å²) in [5, 5.41) is 8.11. The van der Waals surface area contributed by atoms with Crippen molar-refractivity contribution >= 4 is 28.4 Å².